The van der Waals surface area contributed by atoms with Crippen molar-refractivity contribution >= 4 is 5.97 Å². The summed E-state index contributed by atoms with van der Waals surface area (Å²) >= 11 is 0. The van der Waals surface area contributed by atoms with Crippen LogP contribution in [0.1, 0.15) is 6.92 Å². The summed E-state index contributed by atoms with van der Waals surface area (Å²) in [5.74, 6) is -0.458. The van der Waals surface area contributed by atoms with Crippen molar-refractivity contribution < 1.29 is 9.53 Å². The molecular formula is C10H12N2O4. The van der Waals surface area contributed by atoms with Gasteiger partial charge in [0.15, 0.2) is 0 Å². The van der Waals surface area contributed by atoms with Crippen LogP contribution in [0.5, 0.6) is 0 Å². The number of nitrogens with one attached hydrogen (secondary N) is 1. The maximum absolute atomic E-state index is 11.2. The van der Waals surface area contributed by atoms with Crippen LogP contribution in [-0.2, 0) is 16.1 Å². The first-order valence-electron chi connectivity index (χ1n) is 4.72. The number of H-pyrrole nitrogens is 1. The third-order valence-corrected chi connectivity index (χ3v) is 1.78. The average molecular weight is 224 g/mol. The molecule has 0 aliphatic carbocycles. The molecule has 0 saturated carbocycles. The zero-order chi connectivity index (χ0) is 12.0. The van der Waals surface area contributed by atoms with Gasteiger partial charge in [-0.3, -0.25) is 14.3 Å². The van der Waals surface area contributed by atoms with E-state index in [9.17, 15) is 14.4 Å². The minimum atomic E-state index is -0.519. The van der Waals surface area contributed by atoms with E-state index in [-0.39, 0.29) is 13.2 Å². The molecule has 1 heterocycles. The molecule has 0 fully saturated rings. The number of hydrogen-bond donors (Lipinski definition) is 1. The number of aromatic amines is 1. The lowest BCUT2D eigenvalue weighted by Gasteiger charge is -2.04. The second kappa shape index (κ2) is 5.69. The first-order valence-corrected chi connectivity index (χ1v) is 4.72. The highest BCUT2D eigenvalue weighted by Gasteiger charge is 1.98. The largest absolute Gasteiger partial charge is 0.461 e. The Labute approximate surface area is 91.2 Å². The van der Waals surface area contributed by atoms with E-state index in [0.717, 1.165) is 0 Å². The Morgan fingerprint density at radius 3 is 2.94 bits per heavy atom. The van der Waals surface area contributed by atoms with Crippen molar-refractivity contribution in [3.63, 3.8) is 0 Å². The molecule has 1 aromatic rings. The van der Waals surface area contributed by atoms with Crippen molar-refractivity contribution in [1.29, 1.82) is 0 Å². The number of esters is 1. The molecule has 0 aliphatic heterocycles. The predicted octanol–water partition coefficient (Wildman–Crippen LogP) is -0.344. The van der Waals surface area contributed by atoms with E-state index >= 15 is 0 Å². The molecule has 16 heavy (non-hydrogen) atoms. The topological polar surface area (TPSA) is 81.2 Å². The highest BCUT2D eigenvalue weighted by Crippen LogP contribution is 1.84. The normalized spacial score (nSPS) is 10.6. The van der Waals surface area contributed by atoms with Crippen molar-refractivity contribution in [1.82, 2.24) is 9.55 Å². The monoisotopic (exact) mass is 224 g/mol. The number of nitrogens with zero attached hydrogens (tertiary/aromatic N) is 1. The van der Waals surface area contributed by atoms with Crippen LogP contribution in [0.3, 0.4) is 0 Å². The van der Waals surface area contributed by atoms with E-state index in [1.54, 1.807) is 13.0 Å². The Morgan fingerprint density at radius 2 is 2.31 bits per heavy atom. The first kappa shape index (κ1) is 12.0. The van der Waals surface area contributed by atoms with Gasteiger partial charge < -0.3 is 4.74 Å². The van der Waals surface area contributed by atoms with E-state index in [2.05, 4.69) is 4.98 Å². The Morgan fingerprint density at radius 1 is 1.56 bits per heavy atom. The third kappa shape index (κ3) is 3.56. The first-order chi connectivity index (χ1) is 7.63. The molecule has 0 amide bonds. The summed E-state index contributed by atoms with van der Waals surface area (Å²) < 4.78 is 6.05. The second-order valence-corrected chi connectivity index (χ2v) is 2.97. The second-order valence-electron chi connectivity index (χ2n) is 2.97. The molecule has 0 atom stereocenters. The zero-order valence-electron chi connectivity index (χ0n) is 8.80. The predicted molar refractivity (Wildman–Crippen MR) is 57.1 cm³/mol. The number of hydrogen-bond acceptors (Lipinski definition) is 4. The maximum atomic E-state index is 11.2. The van der Waals surface area contributed by atoms with Gasteiger partial charge in [-0.2, -0.15) is 0 Å². The molecule has 1 rings (SSSR count). The van der Waals surface area contributed by atoms with Gasteiger partial charge in [-0.15, -0.1) is 0 Å². The Kier molecular flexibility index (Phi) is 4.26. The van der Waals surface area contributed by atoms with Crippen LogP contribution in [-0.4, -0.2) is 22.1 Å². The fourth-order valence-corrected chi connectivity index (χ4v) is 1.05. The number of allylic oxidation sites excluding steroid dienone is 1. The Balaban J connectivity index is 2.53. The van der Waals surface area contributed by atoms with Crippen molar-refractivity contribution in [2.45, 2.75) is 13.5 Å². The quantitative estimate of drug-likeness (QED) is 0.560. The maximum Gasteiger partial charge on any atom is 0.330 e. The van der Waals surface area contributed by atoms with Crippen LogP contribution in [0.25, 0.3) is 0 Å². The van der Waals surface area contributed by atoms with E-state index in [4.69, 9.17) is 4.74 Å². The summed E-state index contributed by atoms with van der Waals surface area (Å²) in [7, 11) is 0. The molecule has 0 bridgehead atoms. The molecule has 0 aromatic carbocycles. The van der Waals surface area contributed by atoms with E-state index in [1.165, 1.54) is 22.9 Å². The molecule has 0 spiro atoms. The number of ether oxygens (including phenoxy) is 1. The molecule has 1 N–H and O–H groups in total. The molecular weight excluding hydrogens is 212 g/mol. The standard InChI is InChI=1S/C10H12N2O4/c1-2-3-9(14)16-7-6-12-5-4-8(13)11-10(12)15/h2-5H,6-7H2,1H3,(H,11,13,15)/b3-2+. The lowest BCUT2D eigenvalue weighted by Crippen LogP contribution is -2.30. The van der Waals surface area contributed by atoms with Crippen LogP contribution in [0, 0.1) is 0 Å². The van der Waals surface area contributed by atoms with Crippen LogP contribution in [0.15, 0.2) is 34.0 Å². The van der Waals surface area contributed by atoms with Crippen molar-refractivity contribution in [3.8, 4) is 0 Å². The van der Waals surface area contributed by atoms with Crippen molar-refractivity contribution in [3.05, 3.63) is 45.3 Å². The smallest absolute Gasteiger partial charge is 0.330 e. The molecule has 0 radical (unpaired) electrons. The average Bonchev–Trinajstić information content (AvgIpc) is 2.22. The minimum absolute atomic E-state index is 0.0785. The van der Waals surface area contributed by atoms with Gasteiger partial charge in [0.1, 0.15) is 6.61 Å². The number of carbonyl (C=O) groups is 1. The van der Waals surface area contributed by atoms with Crippen LogP contribution >= 0.6 is 0 Å². The van der Waals surface area contributed by atoms with E-state index < -0.39 is 17.2 Å². The van der Waals surface area contributed by atoms with Crippen LogP contribution < -0.4 is 11.2 Å². The molecule has 0 unspecified atom stereocenters. The summed E-state index contributed by atoms with van der Waals surface area (Å²) in [6, 6.07) is 1.23. The van der Waals surface area contributed by atoms with Gasteiger partial charge >= 0.3 is 11.7 Å². The van der Waals surface area contributed by atoms with Gasteiger partial charge in [-0.25, -0.2) is 9.59 Å². The number of aromatic nitrogens is 2. The lowest BCUT2D eigenvalue weighted by molar-refractivity contribution is -0.138. The molecule has 1 aromatic heterocycles. The minimum Gasteiger partial charge on any atom is -0.461 e. The SMILES string of the molecule is C/C=C/C(=O)OCCn1ccc(=O)[nH]c1=O. The van der Waals surface area contributed by atoms with Crippen molar-refractivity contribution in [2.75, 3.05) is 6.61 Å². The van der Waals surface area contributed by atoms with E-state index in [1.807, 2.05) is 0 Å². The van der Waals surface area contributed by atoms with Gasteiger partial charge in [0.25, 0.3) is 5.56 Å². The van der Waals surface area contributed by atoms with Gasteiger partial charge in [-0.1, -0.05) is 6.08 Å². The summed E-state index contributed by atoms with van der Waals surface area (Å²) in [5.41, 5.74) is -0.971. The third-order valence-electron chi connectivity index (χ3n) is 1.78. The summed E-state index contributed by atoms with van der Waals surface area (Å²) in [5, 5.41) is 0. The Hall–Kier alpha value is -2.11. The fourth-order valence-electron chi connectivity index (χ4n) is 1.05. The number of rotatable bonds is 4. The highest BCUT2D eigenvalue weighted by atomic mass is 16.5. The lowest BCUT2D eigenvalue weighted by atomic mass is 10.5. The number of carbonyl (C=O) groups excluding carboxylic acids is 1. The summed E-state index contributed by atoms with van der Waals surface area (Å²) in [4.78, 5) is 35.0. The molecule has 6 heteroatoms. The van der Waals surface area contributed by atoms with Gasteiger partial charge in [0, 0.05) is 18.3 Å². The zero-order valence-corrected chi connectivity index (χ0v) is 8.80. The van der Waals surface area contributed by atoms with Gasteiger partial charge in [0.2, 0.25) is 0 Å². The Bertz CT molecular complexity index is 498. The summed E-state index contributed by atoms with van der Waals surface area (Å²) in [6.45, 7) is 1.99. The van der Waals surface area contributed by atoms with Crippen LogP contribution in [0.4, 0.5) is 0 Å². The van der Waals surface area contributed by atoms with Crippen molar-refractivity contribution in [2.24, 2.45) is 0 Å². The molecule has 86 valence electrons. The summed E-state index contributed by atoms with van der Waals surface area (Å²) in [6.07, 6.45) is 4.20. The molecule has 0 aliphatic rings. The molecule has 0 saturated heterocycles. The van der Waals surface area contributed by atoms with E-state index in [0.29, 0.717) is 0 Å². The van der Waals surface area contributed by atoms with Crippen LogP contribution in [0.2, 0.25) is 0 Å². The highest BCUT2D eigenvalue weighted by molar-refractivity contribution is 5.81. The molecule has 6 nitrogen and oxygen atoms in total. The van der Waals surface area contributed by atoms with Gasteiger partial charge in [0.05, 0.1) is 6.54 Å². The van der Waals surface area contributed by atoms with Gasteiger partial charge in [-0.05, 0) is 6.92 Å². The fraction of sp³-hybridized carbons (Fsp3) is 0.300.